The Labute approximate surface area is 132 Å². The topological polar surface area (TPSA) is 39.6 Å². The molecule has 0 atom stereocenters. The Bertz CT molecular complexity index is 885. The summed E-state index contributed by atoms with van der Waals surface area (Å²) in [5.41, 5.74) is 3.64. The van der Waals surface area contributed by atoms with Gasteiger partial charge in [0.2, 0.25) is 0 Å². The first-order valence-corrected chi connectivity index (χ1v) is 7.07. The summed E-state index contributed by atoms with van der Waals surface area (Å²) in [5, 5.41) is 11.1. The lowest BCUT2D eigenvalue weighted by molar-refractivity contribution is 1.46. The van der Waals surface area contributed by atoms with Crippen molar-refractivity contribution in [1.29, 1.82) is 5.26 Å². The second-order valence-corrected chi connectivity index (χ2v) is 5.44. The first kappa shape index (κ1) is 13.8. The fraction of sp³-hybridized carbons (Fsp3) is 0. The van der Waals surface area contributed by atoms with Crippen molar-refractivity contribution in [2.75, 3.05) is 0 Å². The van der Waals surface area contributed by atoms with Gasteiger partial charge in [-0.25, -0.2) is 0 Å². The molecule has 2 aromatic carbocycles. The number of aromatic nitrogens is 1. The third-order valence-electron chi connectivity index (χ3n) is 3.24. The summed E-state index contributed by atoms with van der Waals surface area (Å²) in [6.45, 7) is 0. The van der Waals surface area contributed by atoms with Gasteiger partial charge in [0.15, 0.2) is 0 Å². The largest absolute Gasteiger partial charge is 0.361 e. The van der Waals surface area contributed by atoms with Crippen LogP contribution in [0, 0.1) is 11.3 Å². The van der Waals surface area contributed by atoms with Crippen molar-refractivity contribution in [3.8, 4) is 6.07 Å². The van der Waals surface area contributed by atoms with E-state index in [2.05, 4.69) is 11.1 Å². The van der Waals surface area contributed by atoms with Gasteiger partial charge in [-0.05, 0) is 41.5 Å². The smallest absolute Gasteiger partial charge is 0.0991 e. The Morgan fingerprint density at radius 3 is 2.62 bits per heavy atom. The van der Waals surface area contributed by atoms with E-state index in [1.807, 2.05) is 42.6 Å². The molecule has 0 aliphatic heterocycles. The van der Waals surface area contributed by atoms with Crippen LogP contribution in [-0.4, -0.2) is 4.98 Å². The third kappa shape index (κ3) is 2.80. The standard InChI is InChI=1S/C17H10Cl2N2/c18-15-5-2-11(8-16(15)19)1-4-13-10-21-17-6-3-12(9-20)7-14(13)17/h1-8,10,21H. The molecule has 1 aromatic heterocycles. The van der Waals surface area contributed by atoms with Gasteiger partial charge in [0.25, 0.3) is 0 Å². The Morgan fingerprint density at radius 2 is 1.86 bits per heavy atom. The third-order valence-corrected chi connectivity index (χ3v) is 3.98. The Kier molecular flexibility index (Phi) is 3.70. The van der Waals surface area contributed by atoms with Crippen molar-refractivity contribution < 1.29 is 0 Å². The number of nitrogens with zero attached hydrogens (tertiary/aromatic N) is 1. The molecule has 0 saturated carbocycles. The van der Waals surface area contributed by atoms with Crippen molar-refractivity contribution in [2.24, 2.45) is 0 Å². The van der Waals surface area contributed by atoms with Crippen molar-refractivity contribution >= 4 is 46.3 Å². The van der Waals surface area contributed by atoms with Gasteiger partial charge in [0.1, 0.15) is 0 Å². The summed E-state index contributed by atoms with van der Waals surface area (Å²) in [7, 11) is 0. The zero-order chi connectivity index (χ0) is 14.8. The SMILES string of the molecule is N#Cc1ccc2[nH]cc(C=Cc3ccc(Cl)c(Cl)c3)c2c1. The van der Waals surface area contributed by atoms with Gasteiger partial charge < -0.3 is 4.98 Å². The molecule has 0 spiro atoms. The summed E-state index contributed by atoms with van der Waals surface area (Å²) < 4.78 is 0. The van der Waals surface area contributed by atoms with Gasteiger partial charge >= 0.3 is 0 Å². The molecule has 0 bridgehead atoms. The number of nitrogens with one attached hydrogen (secondary N) is 1. The molecule has 1 N–H and O–H groups in total. The van der Waals surface area contributed by atoms with Crippen molar-refractivity contribution in [2.45, 2.75) is 0 Å². The Balaban J connectivity index is 1.99. The molecule has 3 aromatic rings. The minimum absolute atomic E-state index is 0.532. The summed E-state index contributed by atoms with van der Waals surface area (Å²) in [6.07, 6.45) is 5.86. The van der Waals surface area contributed by atoms with Crippen LogP contribution >= 0.6 is 23.2 Å². The minimum atomic E-state index is 0.532. The van der Waals surface area contributed by atoms with Crippen molar-refractivity contribution in [1.82, 2.24) is 4.98 Å². The molecule has 0 unspecified atom stereocenters. The number of rotatable bonds is 2. The molecule has 0 radical (unpaired) electrons. The lowest BCUT2D eigenvalue weighted by Crippen LogP contribution is -1.76. The van der Waals surface area contributed by atoms with Gasteiger partial charge in [-0.1, -0.05) is 41.4 Å². The number of benzene rings is 2. The molecule has 1 heterocycles. The molecule has 102 valence electrons. The maximum Gasteiger partial charge on any atom is 0.0991 e. The molecule has 21 heavy (non-hydrogen) atoms. The quantitative estimate of drug-likeness (QED) is 0.665. The normalized spacial score (nSPS) is 11.1. The summed E-state index contributed by atoms with van der Waals surface area (Å²) in [5.74, 6) is 0. The van der Waals surface area contributed by atoms with E-state index in [1.165, 1.54) is 0 Å². The van der Waals surface area contributed by atoms with Crippen LogP contribution in [0.3, 0.4) is 0 Å². The predicted molar refractivity (Wildman–Crippen MR) is 88.4 cm³/mol. The zero-order valence-electron chi connectivity index (χ0n) is 10.9. The molecular weight excluding hydrogens is 303 g/mol. The fourth-order valence-corrected chi connectivity index (χ4v) is 2.46. The lowest BCUT2D eigenvalue weighted by Gasteiger charge is -1.98. The number of H-pyrrole nitrogens is 1. The van der Waals surface area contributed by atoms with Crippen LogP contribution in [0.1, 0.15) is 16.7 Å². The average molecular weight is 313 g/mol. The van der Waals surface area contributed by atoms with Gasteiger partial charge in [0, 0.05) is 17.1 Å². The first-order chi connectivity index (χ1) is 10.2. The molecule has 2 nitrogen and oxygen atoms in total. The van der Waals surface area contributed by atoms with Crippen LogP contribution in [0.15, 0.2) is 42.6 Å². The van der Waals surface area contributed by atoms with E-state index in [-0.39, 0.29) is 0 Å². The van der Waals surface area contributed by atoms with E-state index >= 15 is 0 Å². The Hall–Kier alpha value is -2.21. The molecule has 0 fully saturated rings. The molecule has 0 aliphatic carbocycles. The molecule has 0 amide bonds. The number of nitriles is 1. The monoisotopic (exact) mass is 312 g/mol. The first-order valence-electron chi connectivity index (χ1n) is 6.32. The van der Waals surface area contributed by atoms with Gasteiger partial charge in [-0.15, -0.1) is 0 Å². The average Bonchev–Trinajstić information content (AvgIpc) is 2.90. The van der Waals surface area contributed by atoms with Gasteiger partial charge in [0.05, 0.1) is 21.7 Å². The van der Waals surface area contributed by atoms with E-state index < -0.39 is 0 Å². The van der Waals surface area contributed by atoms with Crippen LogP contribution in [0.4, 0.5) is 0 Å². The number of hydrogen-bond acceptors (Lipinski definition) is 1. The van der Waals surface area contributed by atoms with Crippen molar-refractivity contribution in [3.63, 3.8) is 0 Å². The highest BCUT2D eigenvalue weighted by Gasteiger charge is 2.02. The minimum Gasteiger partial charge on any atom is -0.361 e. The molecule has 0 saturated heterocycles. The summed E-state index contributed by atoms with van der Waals surface area (Å²) in [6, 6.07) is 13.2. The van der Waals surface area contributed by atoms with E-state index in [0.29, 0.717) is 15.6 Å². The maximum atomic E-state index is 8.98. The van der Waals surface area contributed by atoms with Gasteiger partial charge in [-0.2, -0.15) is 5.26 Å². The predicted octanol–water partition coefficient (Wildman–Crippen LogP) is 5.52. The van der Waals surface area contributed by atoms with Crippen LogP contribution in [0.5, 0.6) is 0 Å². The van der Waals surface area contributed by atoms with Crippen LogP contribution in [0.2, 0.25) is 10.0 Å². The van der Waals surface area contributed by atoms with Gasteiger partial charge in [-0.3, -0.25) is 0 Å². The number of halogens is 2. The number of hydrogen-bond donors (Lipinski definition) is 1. The zero-order valence-corrected chi connectivity index (χ0v) is 12.4. The molecule has 3 rings (SSSR count). The second kappa shape index (κ2) is 5.65. The summed E-state index contributed by atoms with van der Waals surface area (Å²) in [4.78, 5) is 3.19. The lowest BCUT2D eigenvalue weighted by atomic mass is 10.1. The fourth-order valence-electron chi connectivity index (χ4n) is 2.15. The van der Waals surface area contributed by atoms with Crippen LogP contribution in [0.25, 0.3) is 23.1 Å². The maximum absolute atomic E-state index is 8.98. The van der Waals surface area contributed by atoms with E-state index in [0.717, 1.165) is 22.0 Å². The Morgan fingerprint density at radius 1 is 1.00 bits per heavy atom. The van der Waals surface area contributed by atoms with E-state index in [4.69, 9.17) is 28.5 Å². The van der Waals surface area contributed by atoms with E-state index in [1.54, 1.807) is 12.1 Å². The number of fused-ring (bicyclic) bond motifs is 1. The molecular formula is C17H10Cl2N2. The molecule has 4 heteroatoms. The molecule has 0 aliphatic rings. The highest BCUT2D eigenvalue weighted by Crippen LogP contribution is 2.25. The number of aromatic amines is 1. The highest BCUT2D eigenvalue weighted by atomic mass is 35.5. The van der Waals surface area contributed by atoms with Crippen molar-refractivity contribution in [3.05, 3.63) is 69.3 Å². The second-order valence-electron chi connectivity index (χ2n) is 4.62. The summed E-state index contributed by atoms with van der Waals surface area (Å²) >= 11 is 11.9. The highest BCUT2D eigenvalue weighted by molar-refractivity contribution is 6.42. The van der Waals surface area contributed by atoms with E-state index in [9.17, 15) is 0 Å². The van der Waals surface area contributed by atoms with Crippen LogP contribution in [-0.2, 0) is 0 Å². The van der Waals surface area contributed by atoms with Crippen LogP contribution < -0.4 is 0 Å².